The molecule has 3 aromatic heterocycles. The molecule has 1 aliphatic heterocycles. The molecule has 4 heterocycles. The number of hydrogen-bond donors (Lipinski definition) is 3. The second kappa shape index (κ2) is 6.94. The molecular formula is C17H20N6O. The van der Waals surface area contributed by atoms with Gasteiger partial charge in [-0.15, -0.1) is 0 Å². The maximum atomic E-state index is 5.86. The lowest BCUT2D eigenvalue weighted by Crippen LogP contribution is -2.24. The predicted molar refractivity (Wildman–Crippen MR) is 88.9 cm³/mol. The van der Waals surface area contributed by atoms with E-state index in [0.29, 0.717) is 5.92 Å². The fourth-order valence-corrected chi connectivity index (χ4v) is 3.23. The Morgan fingerprint density at radius 3 is 3.08 bits per heavy atom. The van der Waals surface area contributed by atoms with Gasteiger partial charge in [-0.2, -0.15) is 10.2 Å². The number of nitrogens with one attached hydrogen (secondary N) is 3. The molecule has 7 nitrogen and oxygen atoms in total. The molecule has 7 heteroatoms. The topological polar surface area (TPSA) is 91.5 Å². The Balaban J connectivity index is 1.37. The van der Waals surface area contributed by atoms with E-state index in [1.807, 2.05) is 36.9 Å². The van der Waals surface area contributed by atoms with Crippen LogP contribution < -0.4 is 5.32 Å². The lowest BCUT2D eigenvalue weighted by Gasteiger charge is -2.17. The van der Waals surface area contributed by atoms with Crippen LogP contribution in [0.25, 0.3) is 11.3 Å². The molecule has 0 unspecified atom stereocenters. The Labute approximate surface area is 139 Å². The minimum Gasteiger partial charge on any atom is -0.373 e. The Kier molecular flexibility index (Phi) is 4.35. The van der Waals surface area contributed by atoms with Gasteiger partial charge >= 0.3 is 0 Å². The first-order valence-electron chi connectivity index (χ1n) is 8.15. The molecule has 0 bridgehead atoms. The van der Waals surface area contributed by atoms with E-state index in [4.69, 9.17) is 4.74 Å². The molecule has 1 fully saturated rings. The lowest BCUT2D eigenvalue weighted by molar-refractivity contribution is 0.0905. The van der Waals surface area contributed by atoms with Gasteiger partial charge in [0.05, 0.1) is 24.2 Å². The van der Waals surface area contributed by atoms with Crippen molar-refractivity contribution in [1.29, 1.82) is 0 Å². The van der Waals surface area contributed by atoms with Gasteiger partial charge < -0.3 is 10.1 Å². The van der Waals surface area contributed by atoms with Crippen molar-refractivity contribution in [2.45, 2.75) is 19.1 Å². The van der Waals surface area contributed by atoms with E-state index in [0.717, 1.165) is 48.5 Å². The zero-order valence-electron chi connectivity index (χ0n) is 13.3. The fourth-order valence-electron chi connectivity index (χ4n) is 3.23. The van der Waals surface area contributed by atoms with Crippen LogP contribution in [0, 0.1) is 5.92 Å². The highest BCUT2D eigenvalue weighted by molar-refractivity contribution is 5.61. The SMILES string of the molecule is c1cncc(-c2[nH]ncc2CNC[C@H]2CCO[C@@H]2c2cn[nH]c2)c1. The highest BCUT2D eigenvalue weighted by Crippen LogP contribution is 2.33. The first-order chi connectivity index (χ1) is 11.9. The van der Waals surface area contributed by atoms with Crippen molar-refractivity contribution in [1.82, 2.24) is 30.7 Å². The van der Waals surface area contributed by atoms with Crippen LogP contribution in [0.4, 0.5) is 0 Å². The van der Waals surface area contributed by atoms with E-state index in [9.17, 15) is 0 Å². The van der Waals surface area contributed by atoms with E-state index in [1.165, 1.54) is 0 Å². The van der Waals surface area contributed by atoms with Crippen LogP contribution in [-0.4, -0.2) is 38.5 Å². The van der Waals surface area contributed by atoms with Crippen molar-refractivity contribution in [2.75, 3.05) is 13.2 Å². The number of pyridine rings is 1. The van der Waals surface area contributed by atoms with Crippen molar-refractivity contribution >= 4 is 0 Å². The average molecular weight is 324 g/mol. The Hall–Kier alpha value is -2.51. The van der Waals surface area contributed by atoms with Gasteiger partial charge in [0.1, 0.15) is 0 Å². The highest BCUT2D eigenvalue weighted by atomic mass is 16.5. The summed E-state index contributed by atoms with van der Waals surface area (Å²) in [6.45, 7) is 2.46. The number of nitrogens with zero attached hydrogens (tertiary/aromatic N) is 3. The van der Waals surface area contributed by atoms with Gasteiger partial charge in [0, 0.05) is 60.9 Å². The molecule has 0 saturated carbocycles. The summed E-state index contributed by atoms with van der Waals surface area (Å²) in [7, 11) is 0. The smallest absolute Gasteiger partial charge is 0.0896 e. The number of rotatable bonds is 6. The molecule has 0 radical (unpaired) electrons. The van der Waals surface area contributed by atoms with Crippen LogP contribution in [0.1, 0.15) is 23.7 Å². The van der Waals surface area contributed by atoms with E-state index in [1.54, 1.807) is 6.20 Å². The normalized spacial score (nSPS) is 20.5. The fraction of sp³-hybridized carbons (Fsp3) is 0.353. The van der Waals surface area contributed by atoms with E-state index in [2.05, 4.69) is 30.7 Å². The summed E-state index contributed by atoms with van der Waals surface area (Å²) in [5.41, 5.74) is 4.33. The number of hydrogen-bond acceptors (Lipinski definition) is 5. The van der Waals surface area contributed by atoms with Gasteiger partial charge in [0.2, 0.25) is 0 Å². The maximum Gasteiger partial charge on any atom is 0.0896 e. The number of aromatic nitrogens is 5. The maximum absolute atomic E-state index is 5.86. The minimum absolute atomic E-state index is 0.124. The van der Waals surface area contributed by atoms with Gasteiger partial charge in [-0.25, -0.2) is 0 Å². The quantitative estimate of drug-likeness (QED) is 0.645. The number of ether oxygens (including phenoxy) is 1. The van der Waals surface area contributed by atoms with E-state index in [-0.39, 0.29) is 6.10 Å². The Morgan fingerprint density at radius 1 is 1.25 bits per heavy atom. The summed E-state index contributed by atoms with van der Waals surface area (Å²) in [6.07, 6.45) is 10.4. The van der Waals surface area contributed by atoms with Crippen LogP contribution in [0.2, 0.25) is 0 Å². The van der Waals surface area contributed by atoms with Gasteiger partial charge in [-0.05, 0) is 18.6 Å². The van der Waals surface area contributed by atoms with E-state index >= 15 is 0 Å². The molecule has 2 atom stereocenters. The molecule has 24 heavy (non-hydrogen) atoms. The largest absolute Gasteiger partial charge is 0.373 e. The van der Waals surface area contributed by atoms with Crippen LogP contribution >= 0.6 is 0 Å². The first kappa shape index (κ1) is 15.0. The third-order valence-corrected chi connectivity index (χ3v) is 4.45. The summed E-state index contributed by atoms with van der Waals surface area (Å²) in [4.78, 5) is 4.17. The highest BCUT2D eigenvalue weighted by Gasteiger charge is 2.29. The Morgan fingerprint density at radius 2 is 2.25 bits per heavy atom. The molecule has 3 aromatic rings. The summed E-state index contributed by atoms with van der Waals surface area (Å²) >= 11 is 0. The monoisotopic (exact) mass is 324 g/mol. The van der Waals surface area contributed by atoms with Crippen molar-refractivity contribution in [2.24, 2.45) is 5.92 Å². The van der Waals surface area contributed by atoms with Gasteiger partial charge in [0.15, 0.2) is 0 Å². The molecule has 0 amide bonds. The van der Waals surface area contributed by atoms with Crippen molar-refractivity contribution in [3.8, 4) is 11.3 Å². The number of H-pyrrole nitrogens is 2. The summed E-state index contributed by atoms with van der Waals surface area (Å²) in [5, 5.41) is 17.7. The minimum atomic E-state index is 0.124. The molecule has 1 saturated heterocycles. The average Bonchev–Trinajstić information content (AvgIpc) is 3.37. The summed E-state index contributed by atoms with van der Waals surface area (Å²) in [6, 6.07) is 3.96. The Bertz CT molecular complexity index is 755. The predicted octanol–water partition coefficient (Wildman–Crippen LogP) is 2.06. The zero-order chi connectivity index (χ0) is 16.2. The number of aromatic amines is 2. The lowest BCUT2D eigenvalue weighted by atomic mass is 9.97. The van der Waals surface area contributed by atoms with Gasteiger partial charge in [0.25, 0.3) is 0 Å². The molecule has 3 N–H and O–H groups in total. The van der Waals surface area contributed by atoms with Crippen molar-refractivity contribution in [3.05, 3.63) is 54.2 Å². The molecule has 1 aliphatic rings. The van der Waals surface area contributed by atoms with Crippen LogP contribution in [0.15, 0.2) is 43.1 Å². The van der Waals surface area contributed by atoms with Crippen molar-refractivity contribution in [3.63, 3.8) is 0 Å². The second-order valence-electron chi connectivity index (χ2n) is 6.01. The van der Waals surface area contributed by atoms with Gasteiger partial charge in [-0.3, -0.25) is 15.2 Å². The zero-order valence-corrected chi connectivity index (χ0v) is 13.3. The van der Waals surface area contributed by atoms with Crippen LogP contribution in [0.3, 0.4) is 0 Å². The molecule has 0 aliphatic carbocycles. The van der Waals surface area contributed by atoms with Crippen LogP contribution in [-0.2, 0) is 11.3 Å². The first-order valence-corrected chi connectivity index (χ1v) is 8.15. The van der Waals surface area contributed by atoms with Crippen molar-refractivity contribution < 1.29 is 4.74 Å². The third kappa shape index (κ3) is 3.08. The molecule has 124 valence electrons. The molecule has 0 spiro atoms. The van der Waals surface area contributed by atoms with E-state index < -0.39 is 0 Å². The molecule has 0 aromatic carbocycles. The summed E-state index contributed by atoms with van der Waals surface area (Å²) in [5.74, 6) is 0.455. The van der Waals surface area contributed by atoms with Gasteiger partial charge in [-0.1, -0.05) is 0 Å². The van der Waals surface area contributed by atoms with Crippen LogP contribution in [0.5, 0.6) is 0 Å². The molecule has 4 rings (SSSR count). The third-order valence-electron chi connectivity index (χ3n) is 4.45. The standard InChI is InChI=1S/C17H20N6O/c1-2-12(6-18-4-1)16-14(9-22-23-16)8-19-7-13-3-5-24-17(13)15-10-20-21-11-15/h1-2,4,6,9-11,13,17,19H,3,5,7-8H2,(H,20,21)(H,22,23)/t13-,17+/m1/s1. The summed E-state index contributed by atoms with van der Waals surface area (Å²) < 4.78 is 5.86. The molecular weight excluding hydrogens is 304 g/mol. The second-order valence-corrected chi connectivity index (χ2v) is 6.01.